The zero-order chi connectivity index (χ0) is 12.6. The van der Waals surface area contributed by atoms with E-state index >= 15 is 0 Å². The highest BCUT2D eigenvalue weighted by Crippen LogP contribution is 2.40. The Balaban J connectivity index is 1.87. The molecule has 1 fully saturated rings. The van der Waals surface area contributed by atoms with Crippen molar-refractivity contribution >= 4 is 0 Å². The van der Waals surface area contributed by atoms with E-state index in [4.69, 9.17) is 15.2 Å². The van der Waals surface area contributed by atoms with Crippen LogP contribution in [0.15, 0.2) is 18.2 Å². The maximum Gasteiger partial charge on any atom is 0.122 e. The zero-order valence-electron chi connectivity index (χ0n) is 10.9. The monoisotopic (exact) mass is 247 g/mol. The summed E-state index contributed by atoms with van der Waals surface area (Å²) in [6, 6.07) is 6.63. The Bertz CT molecular complexity index is 440. The molecule has 18 heavy (non-hydrogen) atoms. The predicted molar refractivity (Wildman–Crippen MR) is 71.0 cm³/mol. The summed E-state index contributed by atoms with van der Waals surface area (Å²) in [7, 11) is 0. The molecule has 0 saturated carbocycles. The van der Waals surface area contributed by atoms with Gasteiger partial charge in [-0.25, -0.2) is 0 Å². The van der Waals surface area contributed by atoms with Crippen LogP contribution in [0.25, 0.3) is 0 Å². The summed E-state index contributed by atoms with van der Waals surface area (Å²) in [6.07, 6.45) is 2.15. The van der Waals surface area contributed by atoms with Crippen molar-refractivity contribution in [3.63, 3.8) is 0 Å². The topological polar surface area (TPSA) is 44.5 Å². The van der Waals surface area contributed by atoms with Crippen molar-refractivity contribution in [3.05, 3.63) is 29.3 Å². The molecule has 1 unspecified atom stereocenters. The lowest BCUT2D eigenvalue weighted by Gasteiger charge is -2.43. The summed E-state index contributed by atoms with van der Waals surface area (Å²) in [5.74, 6) is 1.60. The molecule has 1 saturated heterocycles. The average molecular weight is 247 g/mol. The molecule has 2 aliphatic rings. The van der Waals surface area contributed by atoms with Crippen LogP contribution in [-0.2, 0) is 16.6 Å². The first-order valence-electron chi connectivity index (χ1n) is 6.77. The van der Waals surface area contributed by atoms with Crippen LogP contribution in [0.4, 0.5) is 0 Å². The van der Waals surface area contributed by atoms with Crippen LogP contribution in [-0.4, -0.2) is 26.4 Å². The van der Waals surface area contributed by atoms with Gasteiger partial charge in [-0.3, -0.25) is 0 Å². The SMILES string of the molecule is CC(CN)CC1(c2ccc3c(c2)CCO3)COC1. The molecule has 2 aliphatic heterocycles. The molecule has 0 bridgehead atoms. The first-order valence-corrected chi connectivity index (χ1v) is 6.77. The van der Waals surface area contributed by atoms with E-state index in [0.717, 1.165) is 45.0 Å². The van der Waals surface area contributed by atoms with Crippen LogP contribution in [0.3, 0.4) is 0 Å². The van der Waals surface area contributed by atoms with Crippen molar-refractivity contribution in [1.82, 2.24) is 0 Å². The number of rotatable bonds is 4. The third kappa shape index (κ3) is 1.91. The first kappa shape index (κ1) is 12.0. The first-order chi connectivity index (χ1) is 8.73. The van der Waals surface area contributed by atoms with Crippen molar-refractivity contribution in [2.75, 3.05) is 26.4 Å². The number of benzene rings is 1. The lowest BCUT2D eigenvalue weighted by Crippen LogP contribution is -2.48. The minimum atomic E-state index is 0.191. The minimum Gasteiger partial charge on any atom is -0.493 e. The summed E-state index contributed by atoms with van der Waals surface area (Å²) in [4.78, 5) is 0. The molecule has 0 spiro atoms. The molecule has 1 aromatic carbocycles. The molecule has 3 heteroatoms. The van der Waals surface area contributed by atoms with Gasteiger partial charge in [0.2, 0.25) is 0 Å². The standard InChI is InChI=1S/C15H21NO2/c1-11(8-16)7-15(9-17-10-15)13-2-3-14-12(6-13)4-5-18-14/h2-3,6,11H,4-5,7-10,16H2,1H3. The molecule has 2 heterocycles. The zero-order valence-corrected chi connectivity index (χ0v) is 10.9. The molecule has 1 atom stereocenters. The minimum absolute atomic E-state index is 0.191. The third-order valence-electron chi connectivity index (χ3n) is 4.20. The van der Waals surface area contributed by atoms with Crippen LogP contribution in [0.2, 0.25) is 0 Å². The largest absolute Gasteiger partial charge is 0.493 e. The van der Waals surface area contributed by atoms with Gasteiger partial charge in [0.05, 0.1) is 19.8 Å². The molecule has 0 radical (unpaired) electrons. The summed E-state index contributed by atoms with van der Waals surface area (Å²) in [5.41, 5.74) is 8.70. The molecular weight excluding hydrogens is 226 g/mol. The van der Waals surface area contributed by atoms with Gasteiger partial charge in [-0.2, -0.15) is 0 Å². The van der Waals surface area contributed by atoms with Crippen LogP contribution >= 0.6 is 0 Å². The number of hydrogen-bond donors (Lipinski definition) is 1. The van der Waals surface area contributed by atoms with Crippen LogP contribution < -0.4 is 10.5 Å². The summed E-state index contributed by atoms with van der Waals surface area (Å²) in [5, 5.41) is 0. The van der Waals surface area contributed by atoms with Crippen LogP contribution in [0.1, 0.15) is 24.5 Å². The van der Waals surface area contributed by atoms with E-state index in [2.05, 4.69) is 25.1 Å². The van der Waals surface area contributed by atoms with E-state index in [0.29, 0.717) is 5.92 Å². The van der Waals surface area contributed by atoms with Gasteiger partial charge >= 0.3 is 0 Å². The Morgan fingerprint density at radius 3 is 2.89 bits per heavy atom. The second kappa shape index (κ2) is 4.56. The van der Waals surface area contributed by atoms with Gasteiger partial charge in [-0.15, -0.1) is 0 Å². The summed E-state index contributed by atoms with van der Waals surface area (Å²) in [6.45, 7) is 5.45. The average Bonchev–Trinajstić information content (AvgIpc) is 2.80. The summed E-state index contributed by atoms with van der Waals surface area (Å²) >= 11 is 0. The van der Waals surface area contributed by atoms with E-state index < -0.39 is 0 Å². The molecular formula is C15H21NO2. The van der Waals surface area contributed by atoms with E-state index in [1.807, 2.05) is 0 Å². The van der Waals surface area contributed by atoms with Gasteiger partial charge in [-0.05, 0) is 36.1 Å². The molecule has 0 amide bonds. The van der Waals surface area contributed by atoms with E-state index in [-0.39, 0.29) is 5.41 Å². The third-order valence-corrected chi connectivity index (χ3v) is 4.20. The Morgan fingerprint density at radius 2 is 2.22 bits per heavy atom. The maximum atomic E-state index is 5.77. The Morgan fingerprint density at radius 1 is 1.39 bits per heavy atom. The van der Waals surface area contributed by atoms with Gasteiger partial charge in [0.1, 0.15) is 5.75 Å². The fourth-order valence-electron chi connectivity index (χ4n) is 3.02. The van der Waals surface area contributed by atoms with Crippen molar-refractivity contribution in [1.29, 1.82) is 0 Å². The van der Waals surface area contributed by atoms with E-state index in [1.54, 1.807) is 0 Å². The predicted octanol–water partition coefficient (Wildman–Crippen LogP) is 1.87. The second-order valence-electron chi connectivity index (χ2n) is 5.74. The van der Waals surface area contributed by atoms with Gasteiger partial charge in [0.15, 0.2) is 0 Å². The van der Waals surface area contributed by atoms with Gasteiger partial charge < -0.3 is 15.2 Å². The highest BCUT2D eigenvalue weighted by molar-refractivity contribution is 5.43. The fraction of sp³-hybridized carbons (Fsp3) is 0.600. The molecule has 2 N–H and O–H groups in total. The number of fused-ring (bicyclic) bond motifs is 1. The maximum absolute atomic E-state index is 5.77. The Labute approximate surface area is 108 Å². The lowest BCUT2D eigenvalue weighted by atomic mass is 9.72. The van der Waals surface area contributed by atoms with E-state index in [1.165, 1.54) is 11.1 Å². The number of hydrogen-bond acceptors (Lipinski definition) is 3. The highest BCUT2D eigenvalue weighted by Gasteiger charge is 2.41. The smallest absolute Gasteiger partial charge is 0.122 e. The lowest BCUT2D eigenvalue weighted by molar-refractivity contribution is -0.0702. The van der Waals surface area contributed by atoms with Crippen molar-refractivity contribution in [2.24, 2.45) is 11.7 Å². The van der Waals surface area contributed by atoms with Crippen molar-refractivity contribution < 1.29 is 9.47 Å². The second-order valence-corrected chi connectivity index (χ2v) is 5.74. The molecule has 3 rings (SSSR count). The van der Waals surface area contributed by atoms with Crippen LogP contribution in [0.5, 0.6) is 5.75 Å². The normalized spacial score (nSPS) is 21.9. The fourth-order valence-corrected chi connectivity index (χ4v) is 3.02. The number of ether oxygens (including phenoxy) is 2. The molecule has 0 aliphatic carbocycles. The van der Waals surface area contributed by atoms with Gasteiger partial charge in [-0.1, -0.05) is 19.1 Å². The van der Waals surface area contributed by atoms with Gasteiger partial charge in [0.25, 0.3) is 0 Å². The highest BCUT2D eigenvalue weighted by atomic mass is 16.5. The Hall–Kier alpha value is -1.06. The van der Waals surface area contributed by atoms with Gasteiger partial charge in [0, 0.05) is 11.8 Å². The van der Waals surface area contributed by atoms with Crippen molar-refractivity contribution in [3.8, 4) is 5.75 Å². The number of nitrogens with two attached hydrogens (primary N) is 1. The quantitative estimate of drug-likeness (QED) is 0.883. The molecule has 3 nitrogen and oxygen atoms in total. The molecule has 98 valence electrons. The Kier molecular flexibility index (Phi) is 3.04. The summed E-state index contributed by atoms with van der Waals surface area (Å²) < 4.78 is 11.1. The van der Waals surface area contributed by atoms with Crippen LogP contribution in [0, 0.1) is 5.92 Å². The molecule has 0 aromatic heterocycles. The van der Waals surface area contributed by atoms with E-state index in [9.17, 15) is 0 Å². The molecule has 1 aromatic rings. The van der Waals surface area contributed by atoms with Crippen molar-refractivity contribution in [2.45, 2.75) is 25.2 Å².